The van der Waals surface area contributed by atoms with Gasteiger partial charge in [0.05, 0.1) is 0 Å². The highest BCUT2D eigenvalue weighted by atomic mass is 28.4. The van der Waals surface area contributed by atoms with Crippen LogP contribution in [0.2, 0.25) is 0 Å². The Morgan fingerprint density at radius 2 is 1.17 bits per heavy atom. The molecule has 0 atom stereocenters. The zero-order chi connectivity index (χ0) is 17.0. The molecule has 0 saturated heterocycles. The molecule has 0 N–H and O–H groups in total. The summed E-state index contributed by atoms with van der Waals surface area (Å²) in [4.78, 5) is 0. The Morgan fingerprint density at radius 3 is 1.57 bits per heavy atom. The van der Waals surface area contributed by atoms with E-state index >= 15 is 0 Å². The van der Waals surface area contributed by atoms with Gasteiger partial charge in [-0.1, -0.05) is 58.4 Å². The molecule has 0 radical (unpaired) electrons. The number of unbranched alkanes of at least 4 members (excludes halogenated alkanes) is 1. The molecule has 0 bridgehead atoms. The van der Waals surface area contributed by atoms with Crippen LogP contribution in [0.3, 0.4) is 0 Å². The third-order valence-electron chi connectivity index (χ3n) is 3.62. The molecule has 0 aliphatic heterocycles. The first-order valence-electron chi connectivity index (χ1n) is 9.23. The first-order chi connectivity index (χ1) is 11.2. The number of hydrogen-bond acceptors (Lipinski definition) is 3. The lowest BCUT2D eigenvalue weighted by Crippen LogP contribution is -2.57. The van der Waals surface area contributed by atoms with E-state index in [9.17, 15) is 0 Å². The van der Waals surface area contributed by atoms with Crippen LogP contribution in [0.15, 0.2) is 24.3 Å². The van der Waals surface area contributed by atoms with Crippen LogP contribution in [0, 0.1) is 0 Å². The van der Waals surface area contributed by atoms with Gasteiger partial charge in [-0.2, -0.15) is 0 Å². The highest BCUT2D eigenvalue weighted by molar-refractivity contribution is 6.75. The summed E-state index contributed by atoms with van der Waals surface area (Å²) in [7, 11) is -2.79. The zero-order valence-corrected chi connectivity index (χ0v) is 16.4. The zero-order valence-electron chi connectivity index (χ0n) is 15.4. The molecule has 1 aromatic rings. The number of benzene rings is 1. The van der Waals surface area contributed by atoms with Crippen molar-refractivity contribution in [3.05, 3.63) is 29.8 Å². The molecule has 0 aliphatic rings. The monoisotopic (exact) mass is 338 g/mol. The maximum atomic E-state index is 6.18. The van der Waals surface area contributed by atoms with Crippen molar-refractivity contribution < 1.29 is 13.3 Å². The molecule has 0 spiro atoms. The van der Waals surface area contributed by atoms with Crippen LogP contribution in [0.4, 0.5) is 0 Å². The van der Waals surface area contributed by atoms with Gasteiger partial charge in [0.2, 0.25) is 0 Å². The van der Waals surface area contributed by atoms with Gasteiger partial charge in [0, 0.05) is 25.0 Å². The van der Waals surface area contributed by atoms with Crippen molar-refractivity contribution in [1.82, 2.24) is 0 Å². The van der Waals surface area contributed by atoms with Crippen LogP contribution in [-0.4, -0.2) is 28.6 Å². The topological polar surface area (TPSA) is 27.7 Å². The molecule has 3 nitrogen and oxygen atoms in total. The summed E-state index contributed by atoms with van der Waals surface area (Å²) < 4.78 is 18.6. The van der Waals surface area contributed by atoms with Gasteiger partial charge < -0.3 is 13.3 Å². The molecule has 0 fully saturated rings. The van der Waals surface area contributed by atoms with Crippen molar-refractivity contribution in [2.45, 2.75) is 66.2 Å². The summed E-state index contributed by atoms with van der Waals surface area (Å²) in [5.41, 5.74) is 1.37. The molecule has 0 unspecified atom stereocenters. The van der Waals surface area contributed by atoms with Gasteiger partial charge in [0.25, 0.3) is 0 Å². The third kappa shape index (κ3) is 6.75. The molecule has 1 aromatic carbocycles. The summed E-state index contributed by atoms with van der Waals surface area (Å²) in [5.74, 6) is 0. The molecule has 0 aliphatic carbocycles. The molecule has 1 rings (SSSR count). The Labute approximate surface area is 143 Å². The Morgan fingerprint density at radius 1 is 0.696 bits per heavy atom. The van der Waals surface area contributed by atoms with E-state index in [0.29, 0.717) is 19.8 Å². The third-order valence-corrected chi connectivity index (χ3v) is 6.41. The van der Waals surface area contributed by atoms with Crippen LogP contribution in [-0.2, 0) is 19.7 Å². The molecule has 23 heavy (non-hydrogen) atoms. The maximum absolute atomic E-state index is 6.18. The lowest BCUT2D eigenvalue weighted by atomic mass is 10.1. The van der Waals surface area contributed by atoms with Crippen molar-refractivity contribution in [3.63, 3.8) is 0 Å². The second kappa shape index (κ2) is 11.8. The van der Waals surface area contributed by atoms with E-state index in [-0.39, 0.29) is 0 Å². The van der Waals surface area contributed by atoms with Crippen LogP contribution in [0.25, 0.3) is 0 Å². The van der Waals surface area contributed by atoms with Gasteiger partial charge >= 0.3 is 8.80 Å². The summed E-state index contributed by atoms with van der Waals surface area (Å²) in [6, 6.07) is 8.70. The molecule has 0 heterocycles. The summed E-state index contributed by atoms with van der Waals surface area (Å²) >= 11 is 0. The molecule has 0 amide bonds. The van der Waals surface area contributed by atoms with E-state index in [0.717, 1.165) is 30.9 Å². The number of aryl methyl sites for hydroxylation is 1. The Kier molecular flexibility index (Phi) is 10.4. The van der Waals surface area contributed by atoms with Crippen molar-refractivity contribution in [2.24, 2.45) is 0 Å². The molecule has 132 valence electrons. The molecular weight excluding hydrogens is 304 g/mol. The van der Waals surface area contributed by atoms with Crippen molar-refractivity contribution in [2.75, 3.05) is 19.8 Å². The van der Waals surface area contributed by atoms with Crippen LogP contribution >= 0.6 is 0 Å². The Balaban J connectivity index is 2.97. The molecular formula is C19H34O3Si. The van der Waals surface area contributed by atoms with E-state index in [1.807, 2.05) is 0 Å². The van der Waals surface area contributed by atoms with Gasteiger partial charge in [0.15, 0.2) is 0 Å². The predicted octanol–water partition coefficient (Wildman–Crippen LogP) is 4.45. The van der Waals surface area contributed by atoms with Crippen LogP contribution in [0.1, 0.15) is 65.4 Å². The lowest BCUT2D eigenvalue weighted by molar-refractivity contribution is 0.0732. The van der Waals surface area contributed by atoms with E-state index in [1.165, 1.54) is 18.4 Å². The van der Waals surface area contributed by atoms with Crippen molar-refractivity contribution >= 4 is 14.0 Å². The van der Waals surface area contributed by atoms with E-state index in [4.69, 9.17) is 13.3 Å². The average Bonchev–Trinajstić information content (AvgIpc) is 2.60. The van der Waals surface area contributed by atoms with Crippen LogP contribution in [0.5, 0.6) is 0 Å². The minimum absolute atomic E-state index is 0.678. The highest BCUT2D eigenvalue weighted by Crippen LogP contribution is 2.14. The highest BCUT2D eigenvalue weighted by Gasteiger charge is 2.43. The van der Waals surface area contributed by atoms with E-state index < -0.39 is 8.80 Å². The Hall–Kier alpha value is -0.683. The SMILES string of the molecule is CCCCc1ccc([Si](OCCC)(OCCC)OCCC)cc1. The van der Waals surface area contributed by atoms with Crippen LogP contribution < -0.4 is 5.19 Å². The predicted molar refractivity (Wildman–Crippen MR) is 99.2 cm³/mol. The largest absolute Gasteiger partial charge is 0.537 e. The number of rotatable bonds is 13. The fourth-order valence-electron chi connectivity index (χ4n) is 2.34. The average molecular weight is 339 g/mol. The maximum Gasteiger partial charge on any atom is 0.537 e. The van der Waals surface area contributed by atoms with Gasteiger partial charge in [-0.15, -0.1) is 0 Å². The van der Waals surface area contributed by atoms with E-state index in [2.05, 4.69) is 52.0 Å². The van der Waals surface area contributed by atoms with Gasteiger partial charge in [-0.05, 0) is 37.7 Å². The fraction of sp³-hybridized carbons (Fsp3) is 0.684. The lowest BCUT2D eigenvalue weighted by Gasteiger charge is -2.30. The van der Waals surface area contributed by atoms with Gasteiger partial charge in [-0.25, -0.2) is 0 Å². The summed E-state index contributed by atoms with van der Waals surface area (Å²) in [5, 5.41) is 1.09. The molecule has 0 aromatic heterocycles. The minimum atomic E-state index is -2.79. The summed E-state index contributed by atoms with van der Waals surface area (Å²) in [6.07, 6.45) is 6.48. The van der Waals surface area contributed by atoms with E-state index in [1.54, 1.807) is 0 Å². The van der Waals surface area contributed by atoms with Gasteiger partial charge in [0.1, 0.15) is 0 Å². The Bertz CT molecular complexity index is 384. The first kappa shape index (κ1) is 20.4. The number of hydrogen-bond donors (Lipinski definition) is 0. The molecule has 4 heteroatoms. The molecule has 0 saturated carbocycles. The first-order valence-corrected chi connectivity index (χ1v) is 11.0. The fourth-order valence-corrected chi connectivity index (χ4v) is 5.08. The van der Waals surface area contributed by atoms with Crippen molar-refractivity contribution in [1.29, 1.82) is 0 Å². The normalized spacial score (nSPS) is 11.8. The quantitative estimate of drug-likeness (QED) is 0.497. The second-order valence-corrected chi connectivity index (χ2v) is 8.46. The van der Waals surface area contributed by atoms with Crippen molar-refractivity contribution in [3.8, 4) is 0 Å². The smallest absolute Gasteiger partial charge is 0.370 e. The second-order valence-electron chi connectivity index (χ2n) is 5.90. The summed E-state index contributed by atoms with van der Waals surface area (Å²) in [6.45, 7) is 10.6. The van der Waals surface area contributed by atoms with Gasteiger partial charge in [-0.3, -0.25) is 0 Å². The minimum Gasteiger partial charge on any atom is -0.370 e. The standard InChI is InChI=1S/C19H34O3Si/c1-5-9-10-18-11-13-19(14-12-18)23(20-15-6-2,21-16-7-3)22-17-8-4/h11-14H,5-10,15-17H2,1-4H3.